The first-order valence-electron chi connectivity index (χ1n) is 18.2. The fraction of sp³-hybridized carbons (Fsp3) is 0.191. The van der Waals surface area contributed by atoms with Crippen LogP contribution in [0.15, 0.2) is 132 Å². The van der Waals surface area contributed by atoms with Crippen LogP contribution >= 0.6 is 0 Å². The number of aromatic nitrogens is 6. The average Bonchev–Trinajstić information content (AvgIpc) is 3.92. The van der Waals surface area contributed by atoms with E-state index in [1.807, 2.05) is 104 Å². The summed E-state index contributed by atoms with van der Waals surface area (Å²) in [5.74, 6) is 3.18. The van der Waals surface area contributed by atoms with Gasteiger partial charge in [-0.15, -0.1) is 0 Å². The van der Waals surface area contributed by atoms with Gasteiger partial charge in [-0.2, -0.15) is 10.2 Å². The summed E-state index contributed by atoms with van der Waals surface area (Å²) in [6.45, 7) is 9.01. The van der Waals surface area contributed by atoms with Crippen molar-refractivity contribution in [3.8, 4) is 22.3 Å². The van der Waals surface area contributed by atoms with E-state index in [9.17, 15) is 14.7 Å². The highest BCUT2D eigenvalue weighted by Crippen LogP contribution is 2.31. The van der Waals surface area contributed by atoms with E-state index in [-0.39, 0.29) is 26.4 Å². The van der Waals surface area contributed by atoms with Crippen molar-refractivity contribution in [2.75, 3.05) is 7.11 Å². The van der Waals surface area contributed by atoms with E-state index in [0.717, 1.165) is 73.9 Å². The van der Waals surface area contributed by atoms with Gasteiger partial charge in [0.2, 0.25) is 0 Å². The number of aliphatic hydroxyl groups is 1. The Kier molecular flexibility index (Phi) is 13.6. The van der Waals surface area contributed by atoms with Crippen LogP contribution in [0.25, 0.3) is 34.4 Å². The van der Waals surface area contributed by atoms with Crippen LogP contribution in [0.1, 0.15) is 60.4 Å². The largest absolute Gasteiger partial charge is 0.504 e. The average molecular weight is 793 g/mol. The first-order valence-corrected chi connectivity index (χ1v) is 18.2. The molecule has 12 heteroatoms. The van der Waals surface area contributed by atoms with Crippen molar-refractivity contribution in [1.29, 1.82) is 0 Å². The van der Waals surface area contributed by atoms with Gasteiger partial charge in [0.25, 0.3) is 0 Å². The normalized spacial score (nSPS) is 14.4. The SMILES string of the molecule is C.C.COC1=CC(=O)O/C1=C\c1ccccc1-c1ccc(Cn2nc(C)nc2C)cc1.Cc1nc(C)n(Cc2ccc(-c3ccccc3/C=C3\OC(=O)C=C3O)cc2)n1. The lowest BCUT2D eigenvalue weighted by atomic mass is 9.98. The van der Waals surface area contributed by atoms with Gasteiger partial charge in [-0.05, 0) is 84.4 Å². The highest BCUT2D eigenvalue weighted by Gasteiger charge is 2.22. The third-order valence-corrected chi connectivity index (χ3v) is 9.25. The first kappa shape index (κ1) is 42.8. The first-order chi connectivity index (χ1) is 27.5. The van der Waals surface area contributed by atoms with Crippen LogP contribution < -0.4 is 0 Å². The fourth-order valence-corrected chi connectivity index (χ4v) is 6.50. The van der Waals surface area contributed by atoms with Crippen LogP contribution in [0, 0.1) is 27.7 Å². The van der Waals surface area contributed by atoms with Gasteiger partial charge in [0.15, 0.2) is 23.0 Å². The van der Waals surface area contributed by atoms with Gasteiger partial charge in [-0.3, -0.25) is 0 Å². The minimum absolute atomic E-state index is 0. The molecule has 0 aliphatic carbocycles. The number of benzene rings is 4. The molecule has 12 nitrogen and oxygen atoms in total. The predicted molar refractivity (Wildman–Crippen MR) is 228 cm³/mol. The lowest BCUT2D eigenvalue weighted by Gasteiger charge is -2.10. The highest BCUT2D eigenvalue weighted by molar-refractivity contribution is 5.90. The molecule has 0 spiro atoms. The lowest BCUT2D eigenvalue weighted by Crippen LogP contribution is -2.04. The number of esters is 2. The molecule has 59 heavy (non-hydrogen) atoms. The van der Waals surface area contributed by atoms with Crippen LogP contribution in [-0.4, -0.2) is 53.7 Å². The Morgan fingerprint density at radius 2 is 1.03 bits per heavy atom. The lowest BCUT2D eigenvalue weighted by molar-refractivity contribution is -0.133. The number of cyclic esters (lactones) is 2. The Balaban J connectivity index is 0.000000217. The van der Waals surface area contributed by atoms with Gasteiger partial charge in [0.1, 0.15) is 23.3 Å². The number of ether oxygens (including phenoxy) is 3. The van der Waals surface area contributed by atoms with Crippen LogP contribution in [0.2, 0.25) is 0 Å². The van der Waals surface area contributed by atoms with E-state index in [2.05, 4.69) is 56.6 Å². The second-order valence-corrected chi connectivity index (χ2v) is 13.4. The number of nitrogens with zero attached hydrogens (tertiary/aromatic N) is 6. The molecule has 6 aromatic rings. The van der Waals surface area contributed by atoms with E-state index in [4.69, 9.17) is 14.2 Å². The van der Waals surface area contributed by atoms with Gasteiger partial charge in [-0.25, -0.2) is 28.9 Å². The quantitative estimate of drug-likeness (QED) is 0.141. The third-order valence-electron chi connectivity index (χ3n) is 9.25. The maximum atomic E-state index is 11.5. The molecule has 8 rings (SSSR count). The fourth-order valence-electron chi connectivity index (χ4n) is 6.50. The molecule has 0 unspecified atom stereocenters. The van der Waals surface area contributed by atoms with Crippen molar-refractivity contribution >= 4 is 24.1 Å². The molecule has 302 valence electrons. The molecular formula is C47H48N6O6. The van der Waals surface area contributed by atoms with Crippen molar-refractivity contribution in [2.45, 2.75) is 55.6 Å². The van der Waals surface area contributed by atoms with Crippen molar-refractivity contribution in [3.05, 3.63) is 178 Å². The zero-order chi connectivity index (χ0) is 40.1. The minimum atomic E-state index is -0.566. The number of methoxy groups -OCH3 is 1. The number of rotatable bonds is 9. The van der Waals surface area contributed by atoms with Gasteiger partial charge in [0, 0.05) is 0 Å². The van der Waals surface area contributed by atoms with Crippen LogP contribution in [-0.2, 0) is 36.9 Å². The Hall–Kier alpha value is -7.34. The molecular weight excluding hydrogens is 745 g/mol. The summed E-state index contributed by atoms with van der Waals surface area (Å²) < 4.78 is 19.3. The van der Waals surface area contributed by atoms with E-state index in [1.165, 1.54) is 13.2 Å². The second-order valence-electron chi connectivity index (χ2n) is 13.4. The van der Waals surface area contributed by atoms with Crippen molar-refractivity contribution in [3.63, 3.8) is 0 Å². The van der Waals surface area contributed by atoms with Gasteiger partial charge in [-0.1, -0.05) is 112 Å². The van der Waals surface area contributed by atoms with Crippen molar-refractivity contribution in [1.82, 2.24) is 29.5 Å². The van der Waals surface area contributed by atoms with E-state index >= 15 is 0 Å². The molecule has 0 bridgehead atoms. The zero-order valence-corrected chi connectivity index (χ0v) is 32.1. The summed E-state index contributed by atoms with van der Waals surface area (Å²) in [5.41, 5.74) is 8.17. The summed E-state index contributed by atoms with van der Waals surface area (Å²) >= 11 is 0. The smallest absolute Gasteiger partial charge is 0.340 e. The van der Waals surface area contributed by atoms with Gasteiger partial charge < -0.3 is 19.3 Å². The Bertz CT molecular complexity index is 2590. The Morgan fingerprint density at radius 1 is 0.610 bits per heavy atom. The maximum absolute atomic E-state index is 11.5. The molecule has 0 amide bonds. The van der Waals surface area contributed by atoms with E-state index < -0.39 is 11.9 Å². The van der Waals surface area contributed by atoms with Crippen molar-refractivity contribution in [2.24, 2.45) is 0 Å². The number of aliphatic hydroxyl groups excluding tert-OH is 1. The molecule has 4 aromatic carbocycles. The van der Waals surface area contributed by atoms with Crippen LogP contribution in [0.4, 0.5) is 0 Å². The van der Waals surface area contributed by atoms with Crippen LogP contribution in [0.5, 0.6) is 0 Å². The van der Waals surface area contributed by atoms with Gasteiger partial charge >= 0.3 is 11.9 Å². The topological polar surface area (TPSA) is 143 Å². The molecule has 0 radical (unpaired) electrons. The molecule has 1 N–H and O–H groups in total. The summed E-state index contributed by atoms with van der Waals surface area (Å²) in [6, 6.07) is 32.3. The molecule has 0 atom stereocenters. The molecule has 4 heterocycles. The molecule has 0 fully saturated rings. The third kappa shape index (κ3) is 10.2. The second kappa shape index (κ2) is 18.7. The minimum Gasteiger partial charge on any atom is -0.504 e. The zero-order valence-electron chi connectivity index (χ0n) is 32.1. The molecule has 0 saturated carbocycles. The van der Waals surface area contributed by atoms with E-state index in [1.54, 1.807) is 6.08 Å². The van der Waals surface area contributed by atoms with Gasteiger partial charge in [0.05, 0.1) is 32.4 Å². The molecule has 2 aromatic heterocycles. The summed E-state index contributed by atoms with van der Waals surface area (Å²) in [5, 5.41) is 18.6. The summed E-state index contributed by atoms with van der Waals surface area (Å²) in [4.78, 5) is 31.5. The molecule has 0 saturated heterocycles. The predicted octanol–water partition coefficient (Wildman–Crippen LogP) is 9.26. The molecule has 2 aliphatic heterocycles. The number of hydrogen-bond donors (Lipinski definition) is 1. The maximum Gasteiger partial charge on any atom is 0.340 e. The van der Waals surface area contributed by atoms with E-state index in [0.29, 0.717) is 24.6 Å². The standard InChI is InChI=1S/C23H21N3O3.C22H19N3O3.2CH4/c1-15-24-16(2)26(25-15)14-17-8-10-18(11-9-17)20-7-5-4-6-19(20)12-22-21(28-3)13-23(27)29-22;1-14-23-15(2)25(24-14)13-16-7-9-17(10-8-16)19-6-4-3-5-18(19)11-21-20(26)12-22(27)28-21;;/h4-13H,14H2,1-3H3;3-12,26H,13H2,1-2H3;2*1H4/b22-12-;21-11-;;. The number of carbonyl (C=O) groups is 2. The Labute approximate surface area is 344 Å². The highest BCUT2D eigenvalue weighted by atomic mass is 16.6. The monoisotopic (exact) mass is 792 g/mol. The Morgan fingerprint density at radius 3 is 1.44 bits per heavy atom. The number of aryl methyl sites for hydroxylation is 4. The summed E-state index contributed by atoms with van der Waals surface area (Å²) in [6.07, 6.45) is 5.90. The number of hydrogen-bond acceptors (Lipinski definition) is 10. The summed E-state index contributed by atoms with van der Waals surface area (Å²) in [7, 11) is 1.52. The van der Waals surface area contributed by atoms with Crippen molar-refractivity contribution < 1.29 is 28.9 Å². The van der Waals surface area contributed by atoms with Crippen LogP contribution in [0.3, 0.4) is 0 Å². The number of carbonyl (C=O) groups excluding carboxylic acids is 2. The molecule has 2 aliphatic rings.